The van der Waals surface area contributed by atoms with Gasteiger partial charge < -0.3 is 14.6 Å². The summed E-state index contributed by atoms with van der Waals surface area (Å²) in [5.41, 5.74) is -0.307. The maximum Gasteiger partial charge on any atom is 0.339 e. The van der Waals surface area contributed by atoms with Crippen LogP contribution in [0.15, 0.2) is 11.8 Å². The average molecular weight is 241 g/mol. The quantitative estimate of drug-likeness (QED) is 0.310. The number of methoxy groups -OCH3 is 1. The van der Waals surface area contributed by atoms with Gasteiger partial charge >= 0.3 is 11.9 Å². The zero-order valence-corrected chi connectivity index (χ0v) is 9.80. The number of esters is 1. The van der Waals surface area contributed by atoms with E-state index in [-0.39, 0.29) is 12.2 Å². The summed E-state index contributed by atoms with van der Waals surface area (Å²) in [5.74, 6) is -3.83. The van der Waals surface area contributed by atoms with Crippen LogP contribution in [0.3, 0.4) is 0 Å². The highest BCUT2D eigenvalue weighted by Crippen LogP contribution is 2.13. The van der Waals surface area contributed by atoms with Gasteiger partial charge in [-0.05, 0) is 6.42 Å². The number of aliphatic carboxylic acids is 1. The first-order valence-corrected chi connectivity index (χ1v) is 5.10. The molecule has 0 fully saturated rings. The van der Waals surface area contributed by atoms with Gasteiger partial charge in [-0.25, -0.2) is 4.79 Å². The molecule has 0 heterocycles. The Kier molecular flexibility index (Phi) is 7.19. The van der Waals surface area contributed by atoms with Crippen LogP contribution in [0.25, 0.3) is 0 Å². The van der Waals surface area contributed by atoms with Gasteiger partial charge in [-0.2, -0.15) is 5.26 Å². The largest absolute Gasteiger partial charge is 0.504 e. The number of carbonyl (C=O) groups excluding carboxylic acids is 1. The molecule has 0 aromatic heterocycles. The lowest BCUT2D eigenvalue weighted by Gasteiger charge is -2.09. The van der Waals surface area contributed by atoms with E-state index in [0.29, 0.717) is 6.42 Å². The first-order valence-electron chi connectivity index (χ1n) is 5.10. The van der Waals surface area contributed by atoms with E-state index in [4.69, 9.17) is 15.1 Å². The normalized spacial score (nSPS) is 12.4. The van der Waals surface area contributed by atoms with Crippen LogP contribution in [0.5, 0.6) is 0 Å². The molecule has 0 radical (unpaired) electrons. The zero-order valence-electron chi connectivity index (χ0n) is 9.80. The number of nitriles is 1. The van der Waals surface area contributed by atoms with Gasteiger partial charge in [0.25, 0.3) is 0 Å². The number of carboxylic acid groups (broad SMARTS) is 1. The van der Waals surface area contributed by atoms with Crippen LogP contribution < -0.4 is 0 Å². The number of carboxylic acids is 1. The molecule has 0 bridgehead atoms. The van der Waals surface area contributed by atoms with Crippen LogP contribution in [-0.4, -0.2) is 30.8 Å². The maximum atomic E-state index is 11.5. The van der Waals surface area contributed by atoms with Crippen molar-refractivity contribution in [1.29, 1.82) is 5.26 Å². The third kappa shape index (κ3) is 5.02. The molecule has 1 unspecified atom stereocenters. The molecule has 0 aliphatic carbocycles. The SMILES string of the molecule is CCCCOC(=O)C(=COC)C(C#N)C(=O)O. The minimum Gasteiger partial charge on any atom is -0.504 e. The van der Waals surface area contributed by atoms with E-state index in [9.17, 15) is 9.59 Å². The predicted molar refractivity (Wildman–Crippen MR) is 57.7 cm³/mol. The summed E-state index contributed by atoms with van der Waals surface area (Å²) in [5, 5.41) is 17.4. The second-order valence-electron chi connectivity index (χ2n) is 3.20. The molecule has 1 N–H and O–H groups in total. The summed E-state index contributed by atoms with van der Waals surface area (Å²) >= 11 is 0. The van der Waals surface area contributed by atoms with Crippen LogP contribution in [0.4, 0.5) is 0 Å². The number of carbonyl (C=O) groups is 2. The van der Waals surface area contributed by atoms with E-state index in [2.05, 4.69) is 4.74 Å². The molecule has 0 spiro atoms. The lowest BCUT2D eigenvalue weighted by Crippen LogP contribution is -2.22. The van der Waals surface area contributed by atoms with Gasteiger partial charge in [-0.3, -0.25) is 4.79 Å². The lowest BCUT2D eigenvalue weighted by atomic mass is 10.0. The topological polar surface area (TPSA) is 96.6 Å². The van der Waals surface area contributed by atoms with Crippen molar-refractivity contribution in [2.75, 3.05) is 13.7 Å². The molecule has 94 valence electrons. The van der Waals surface area contributed by atoms with Crippen LogP contribution in [0, 0.1) is 17.2 Å². The molecular weight excluding hydrogens is 226 g/mol. The molecule has 1 atom stereocenters. The molecule has 0 aromatic carbocycles. The molecule has 0 aliphatic rings. The number of nitrogens with zero attached hydrogens (tertiary/aromatic N) is 1. The summed E-state index contributed by atoms with van der Waals surface area (Å²) in [7, 11) is 1.26. The van der Waals surface area contributed by atoms with E-state index in [1.807, 2.05) is 6.92 Å². The molecule has 17 heavy (non-hydrogen) atoms. The summed E-state index contributed by atoms with van der Waals surface area (Å²) in [6.45, 7) is 2.11. The number of hydrogen-bond acceptors (Lipinski definition) is 5. The highest BCUT2D eigenvalue weighted by atomic mass is 16.5. The summed E-state index contributed by atoms with van der Waals surface area (Å²) < 4.78 is 9.42. The highest BCUT2D eigenvalue weighted by Gasteiger charge is 2.29. The van der Waals surface area contributed by atoms with Crippen molar-refractivity contribution < 1.29 is 24.2 Å². The van der Waals surface area contributed by atoms with Gasteiger partial charge in [0.1, 0.15) is 5.57 Å². The molecule has 0 aromatic rings. The van der Waals surface area contributed by atoms with Crippen molar-refractivity contribution >= 4 is 11.9 Å². The third-order valence-corrected chi connectivity index (χ3v) is 1.90. The molecule has 0 amide bonds. The Labute approximate surface area is 99.4 Å². The monoisotopic (exact) mass is 241 g/mol. The van der Waals surface area contributed by atoms with Crippen molar-refractivity contribution in [3.63, 3.8) is 0 Å². The number of hydrogen-bond donors (Lipinski definition) is 1. The smallest absolute Gasteiger partial charge is 0.339 e. The van der Waals surface area contributed by atoms with Crippen molar-refractivity contribution in [2.24, 2.45) is 5.92 Å². The van der Waals surface area contributed by atoms with Crippen LogP contribution >= 0.6 is 0 Å². The van der Waals surface area contributed by atoms with E-state index < -0.39 is 17.9 Å². The Morgan fingerprint density at radius 1 is 1.53 bits per heavy atom. The highest BCUT2D eigenvalue weighted by molar-refractivity contribution is 5.96. The number of unbranched alkanes of at least 4 members (excludes halogenated alkanes) is 1. The fourth-order valence-electron chi connectivity index (χ4n) is 1.01. The molecule has 0 rings (SSSR count). The van der Waals surface area contributed by atoms with E-state index >= 15 is 0 Å². The van der Waals surface area contributed by atoms with Crippen molar-refractivity contribution in [3.8, 4) is 6.07 Å². The van der Waals surface area contributed by atoms with Crippen molar-refractivity contribution in [2.45, 2.75) is 19.8 Å². The van der Waals surface area contributed by atoms with Crippen LogP contribution in [-0.2, 0) is 19.1 Å². The zero-order chi connectivity index (χ0) is 13.3. The minimum absolute atomic E-state index is 0.189. The maximum absolute atomic E-state index is 11.5. The van der Waals surface area contributed by atoms with Gasteiger partial charge in [0, 0.05) is 0 Å². The first-order chi connectivity index (χ1) is 8.08. The number of rotatable bonds is 7. The second kappa shape index (κ2) is 8.16. The lowest BCUT2D eigenvalue weighted by molar-refractivity contribution is -0.145. The first kappa shape index (κ1) is 15.0. The fourth-order valence-corrected chi connectivity index (χ4v) is 1.01. The van der Waals surface area contributed by atoms with Gasteiger partial charge in [-0.15, -0.1) is 0 Å². The Bertz CT molecular complexity index is 342. The second-order valence-corrected chi connectivity index (χ2v) is 3.20. The van der Waals surface area contributed by atoms with Crippen molar-refractivity contribution in [3.05, 3.63) is 11.8 Å². The Morgan fingerprint density at radius 2 is 2.18 bits per heavy atom. The Balaban J connectivity index is 4.75. The standard InChI is InChI=1S/C11H15NO5/c1-3-4-5-17-11(15)9(7-16-2)8(6-12)10(13)14/h7-8H,3-5H2,1-2H3,(H,13,14). The Morgan fingerprint density at radius 3 is 2.59 bits per heavy atom. The minimum atomic E-state index is -1.58. The molecule has 0 saturated carbocycles. The number of ether oxygens (including phenoxy) is 2. The van der Waals surface area contributed by atoms with Gasteiger partial charge in [0.05, 0.1) is 26.0 Å². The predicted octanol–water partition coefficient (Wildman–Crippen LogP) is 1.08. The average Bonchev–Trinajstić information content (AvgIpc) is 2.28. The van der Waals surface area contributed by atoms with E-state index in [1.165, 1.54) is 13.2 Å². The van der Waals surface area contributed by atoms with E-state index in [1.54, 1.807) is 0 Å². The van der Waals surface area contributed by atoms with Gasteiger partial charge in [-0.1, -0.05) is 13.3 Å². The van der Waals surface area contributed by atoms with Gasteiger partial charge in [0.2, 0.25) is 0 Å². The third-order valence-electron chi connectivity index (χ3n) is 1.90. The summed E-state index contributed by atoms with van der Waals surface area (Å²) in [6, 6.07) is 1.51. The molecule has 6 heteroatoms. The molecule has 0 saturated heterocycles. The summed E-state index contributed by atoms with van der Waals surface area (Å²) in [4.78, 5) is 22.3. The van der Waals surface area contributed by atoms with Crippen molar-refractivity contribution in [1.82, 2.24) is 0 Å². The molecule has 0 aliphatic heterocycles. The van der Waals surface area contributed by atoms with Crippen LogP contribution in [0.1, 0.15) is 19.8 Å². The summed E-state index contributed by atoms with van der Waals surface area (Å²) in [6.07, 6.45) is 2.45. The Hall–Kier alpha value is -2.03. The van der Waals surface area contributed by atoms with Crippen LogP contribution in [0.2, 0.25) is 0 Å². The molecule has 6 nitrogen and oxygen atoms in total. The molecular formula is C11H15NO5. The van der Waals surface area contributed by atoms with E-state index in [0.717, 1.165) is 12.7 Å². The van der Waals surface area contributed by atoms with Gasteiger partial charge in [0.15, 0.2) is 5.92 Å². The fraction of sp³-hybridized carbons (Fsp3) is 0.545.